The second-order valence-corrected chi connectivity index (χ2v) is 5.79. The summed E-state index contributed by atoms with van der Waals surface area (Å²) < 4.78 is 0. The Balaban J connectivity index is 1.90. The molecule has 2 rings (SSSR count). The first-order valence-corrected chi connectivity index (χ1v) is 7.77. The van der Waals surface area contributed by atoms with Crippen LogP contribution in [0.2, 0.25) is 5.02 Å². The van der Waals surface area contributed by atoms with E-state index in [2.05, 4.69) is 15.5 Å². The SMILES string of the molecule is CNC(=O)NC(=O)[C@@H](C)[NH+]1CCN(c2ccccc2Cl)CC1. The van der Waals surface area contributed by atoms with Gasteiger partial charge in [0.2, 0.25) is 0 Å². The summed E-state index contributed by atoms with van der Waals surface area (Å²) >= 11 is 6.22. The van der Waals surface area contributed by atoms with E-state index in [-0.39, 0.29) is 11.9 Å². The maximum Gasteiger partial charge on any atom is 0.321 e. The van der Waals surface area contributed by atoms with E-state index in [1.165, 1.54) is 11.9 Å². The van der Waals surface area contributed by atoms with Crippen LogP contribution in [0.25, 0.3) is 0 Å². The molecule has 6 nitrogen and oxygen atoms in total. The van der Waals surface area contributed by atoms with Crippen molar-refractivity contribution in [1.29, 1.82) is 0 Å². The normalized spacial score (nSPS) is 17.0. The Kier molecular flexibility index (Phi) is 5.63. The number of anilines is 1. The van der Waals surface area contributed by atoms with Gasteiger partial charge in [-0.1, -0.05) is 23.7 Å². The van der Waals surface area contributed by atoms with Crippen molar-refractivity contribution in [2.24, 2.45) is 0 Å². The number of halogens is 1. The maximum absolute atomic E-state index is 12.0. The zero-order valence-corrected chi connectivity index (χ0v) is 13.6. The Bertz CT molecular complexity index is 544. The van der Waals surface area contributed by atoms with E-state index in [4.69, 9.17) is 11.6 Å². The van der Waals surface area contributed by atoms with Crippen molar-refractivity contribution in [3.05, 3.63) is 29.3 Å². The molecule has 0 unspecified atom stereocenters. The molecule has 0 spiro atoms. The lowest BCUT2D eigenvalue weighted by Crippen LogP contribution is -3.19. The van der Waals surface area contributed by atoms with E-state index in [0.717, 1.165) is 36.9 Å². The van der Waals surface area contributed by atoms with Gasteiger partial charge in [-0.2, -0.15) is 0 Å². The van der Waals surface area contributed by atoms with Gasteiger partial charge >= 0.3 is 6.03 Å². The molecule has 3 N–H and O–H groups in total. The van der Waals surface area contributed by atoms with Crippen molar-refractivity contribution in [3.63, 3.8) is 0 Å². The van der Waals surface area contributed by atoms with Crippen LogP contribution in [0.5, 0.6) is 0 Å². The van der Waals surface area contributed by atoms with Crippen molar-refractivity contribution in [2.75, 3.05) is 38.1 Å². The lowest BCUT2D eigenvalue weighted by Gasteiger charge is -2.36. The third kappa shape index (κ3) is 3.90. The zero-order valence-electron chi connectivity index (χ0n) is 12.9. The van der Waals surface area contributed by atoms with Crippen LogP contribution in [0.1, 0.15) is 6.92 Å². The highest BCUT2D eigenvalue weighted by atomic mass is 35.5. The summed E-state index contributed by atoms with van der Waals surface area (Å²) in [5.41, 5.74) is 1.03. The minimum atomic E-state index is -0.467. The van der Waals surface area contributed by atoms with E-state index in [1.54, 1.807) is 0 Å². The number of quaternary nitrogens is 1. The summed E-state index contributed by atoms with van der Waals surface area (Å²) in [6.07, 6.45) is 0. The Morgan fingerprint density at radius 2 is 1.91 bits per heavy atom. The molecular formula is C15H22ClN4O2+. The number of carbonyl (C=O) groups excluding carboxylic acids is 2. The first kappa shape index (κ1) is 16.6. The first-order valence-electron chi connectivity index (χ1n) is 7.39. The van der Waals surface area contributed by atoms with Crippen LogP contribution in [-0.2, 0) is 4.79 Å². The second kappa shape index (κ2) is 7.47. The number of para-hydroxylation sites is 1. The van der Waals surface area contributed by atoms with E-state index in [0.29, 0.717) is 0 Å². The fourth-order valence-electron chi connectivity index (χ4n) is 2.64. The second-order valence-electron chi connectivity index (χ2n) is 5.39. The lowest BCUT2D eigenvalue weighted by atomic mass is 10.2. The fraction of sp³-hybridized carbons (Fsp3) is 0.467. The summed E-state index contributed by atoms with van der Waals surface area (Å²) in [5, 5.41) is 5.47. The van der Waals surface area contributed by atoms with Crippen molar-refractivity contribution >= 4 is 29.2 Å². The number of piperazine rings is 1. The monoisotopic (exact) mass is 325 g/mol. The van der Waals surface area contributed by atoms with E-state index in [9.17, 15) is 9.59 Å². The van der Waals surface area contributed by atoms with Gasteiger partial charge in [0.25, 0.3) is 5.91 Å². The smallest absolute Gasteiger partial charge is 0.321 e. The minimum absolute atomic E-state index is 0.249. The van der Waals surface area contributed by atoms with Crippen LogP contribution in [0.15, 0.2) is 24.3 Å². The predicted octanol–water partition coefficient (Wildman–Crippen LogP) is -0.111. The Hall–Kier alpha value is -1.79. The molecule has 1 heterocycles. The third-order valence-corrected chi connectivity index (χ3v) is 4.39. The lowest BCUT2D eigenvalue weighted by molar-refractivity contribution is -0.914. The molecule has 1 saturated heterocycles. The number of urea groups is 1. The van der Waals surface area contributed by atoms with Crippen LogP contribution >= 0.6 is 11.6 Å². The molecule has 0 aliphatic carbocycles. The van der Waals surface area contributed by atoms with Gasteiger partial charge in [-0.15, -0.1) is 0 Å². The van der Waals surface area contributed by atoms with Gasteiger partial charge in [0.05, 0.1) is 36.9 Å². The highest BCUT2D eigenvalue weighted by molar-refractivity contribution is 6.33. The summed E-state index contributed by atoms with van der Waals surface area (Å²) in [5.74, 6) is -0.249. The highest BCUT2D eigenvalue weighted by Crippen LogP contribution is 2.24. The maximum atomic E-state index is 12.0. The van der Waals surface area contributed by atoms with Crippen LogP contribution in [0, 0.1) is 0 Å². The van der Waals surface area contributed by atoms with E-state index >= 15 is 0 Å². The molecule has 1 fully saturated rings. The zero-order chi connectivity index (χ0) is 16.1. The van der Waals surface area contributed by atoms with Crippen LogP contribution in [-0.4, -0.2) is 51.2 Å². The average Bonchev–Trinajstić information content (AvgIpc) is 2.54. The molecule has 0 saturated carbocycles. The van der Waals surface area contributed by atoms with E-state index in [1.807, 2.05) is 31.2 Å². The Labute approximate surface area is 135 Å². The Morgan fingerprint density at radius 1 is 1.27 bits per heavy atom. The topological polar surface area (TPSA) is 65.9 Å². The van der Waals surface area contributed by atoms with Gasteiger partial charge in [-0.25, -0.2) is 4.79 Å². The van der Waals surface area contributed by atoms with Crippen molar-refractivity contribution < 1.29 is 14.5 Å². The van der Waals surface area contributed by atoms with Gasteiger partial charge in [0.15, 0.2) is 6.04 Å². The van der Waals surface area contributed by atoms with Gasteiger partial charge in [-0.3, -0.25) is 10.1 Å². The molecule has 120 valence electrons. The summed E-state index contributed by atoms with van der Waals surface area (Å²) in [7, 11) is 1.49. The van der Waals surface area contributed by atoms with Crippen LogP contribution < -0.4 is 20.4 Å². The van der Waals surface area contributed by atoms with Crippen molar-refractivity contribution in [3.8, 4) is 0 Å². The number of nitrogens with zero attached hydrogens (tertiary/aromatic N) is 1. The standard InChI is InChI=1S/C15H21ClN4O2/c1-11(14(21)18-15(22)17-2)19-7-9-20(10-8-19)13-6-4-3-5-12(13)16/h3-6,11H,7-10H2,1-2H3,(H2,17,18,21,22)/p+1/t11-/m1/s1. The highest BCUT2D eigenvalue weighted by Gasteiger charge is 2.30. The van der Waals surface area contributed by atoms with E-state index < -0.39 is 6.03 Å². The quantitative estimate of drug-likeness (QED) is 0.726. The molecule has 0 radical (unpaired) electrons. The molecule has 1 aliphatic rings. The van der Waals surface area contributed by atoms with Crippen LogP contribution in [0.3, 0.4) is 0 Å². The number of hydrogen-bond acceptors (Lipinski definition) is 3. The van der Waals surface area contributed by atoms with Gasteiger partial charge in [0, 0.05) is 7.05 Å². The molecule has 1 aromatic rings. The Morgan fingerprint density at radius 3 is 2.50 bits per heavy atom. The van der Waals surface area contributed by atoms with Crippen molar-refractivity contribution in [2.45, 2.75) is 13.0 Å². The predicted molar refractivity (Wildman–Crippen MR) is 86.4 cm³/mol. The van der Waals surface area contributed by atoms with Gasteiger partial charge < -0.3 is 15.1 Å². The number of nitrogens with one attached hydrogen (secondary N) is 3. The number of carbonyl (C=O) groups is 2. The molecule has 0 bridgehead atoms. The summed E-state index contributed by atoms with van der Waals surface area (Å²) in [6.45, 7) is 5.16. The molecular weight excluding hydrogens is 304 g/mol. The molecule has 3 amide bonds. The molecule has 1 aliphatic heterocycles. The number of rotatable bonds is 3. The number of hydrogen-bond donors (Lipinski definition) is 3. The molecule has 1 atom stereocenters. The number of benzene rings is 1. The third-order valence-electron chi connectivity index (χ3n) is 4.07. The number of imide groups is 1. The molecule has 1 aromatic carbocycles. The molecule has 7 heteroatoms. The first-order chi connectivity index (χ1) is 10.5. The minimum Gasteiger partial charge on any atom is -0.359 e. The largest absolute Gasteiger partial charge is 0.359 e. The molecule has 22 heavy (non-hydrogen) atoms. The summed E-state index contributed by atoms with van der Waals surface area (Å²) in [4.78, 5) is 26.6. The van der Waals surface area contributed by atoms with Gasteiger partial charge in [0.1, 0.15) is 0 Å². The summed E-state index contributed by atoms with van der Waals surface area (Å²) in [6, 6.07) is 7.06. The molecule has 0 aromatic heterocycles. The van der Waals surface area contributed by atoms with Gasteiger partial charge in [-0.05, 0) is 19.1 Å². The number of amides is 3. The van der Waals surface area contributed by atoms with Crippen molar-refractivity contribution in [1.82, 2.24) is 10.6 Å². The van der Waals surface area contributed by atoms with Crippen LogP contribution in [0.4, 0.5) is 10.5 Å². The average molecular weight is 326 g/mol. The fourth-order valence-corrected chi connectivity index (χ4v) is 2.90.